The van der Waals surface area contributed by atoms with Crippen molar-refractivity contribution in [2.24, 2.45) is 16.7 Å². The first-order chi connectivity index (χ1) is 9.96. The van der Waals surface area contributed by atoms with Crippen molar-refractivity contribution >= 4 is 12.8 Å². The SMILES string of the molecule is CCC(=O)NC(C)C(C)(C)C(C)CB(C)OCC(C)(C)CC. The van der Waals surface area contributed by atoms with Gasteiger partial charge in [-0.1, -0.05) is 55.3 Å². The van der Waals surface area contributed by atoms with Crippen LogP contribution in [0.2, 0.25) is 13.1 Å². The molecule has 0 rings (SSSR count). The van der Waals surface area contributed by atoms with Gasteiger partial charge in [0, 0.05) is 19.1 Å². The second kappa shape index (κ2) is 8.95. The summed E-state index contributed by atoms with van der Waals surface area (Å²) in [7, 11) is 0. The molecule has 0 aromatic heterocycles. The molecule has 0 fully saturated rings. The Hall–Kier alpha value is -0.505. The van der Waals surface area contributed by atoms with Crippen LogP contribution in [-0.4, -0.2) is 25.5 Å². The van der Waals surface area contributed by atoms with Crippen molar-refractivity contribution in [2.45, 2.75) is 87.4 Å². The Labute approximate surface area is 139 Å². The first-order valence-corrected chi connectivity index (χ1v) is 8.87. The van der Waals surface area contributed by atoms with E-state index in [-0.39, 0.29) is 29.7 Å². The normalized spacial score (nSPS) is 15.3. The van der Waals surface area contributed by atoms with Gasteiger partial charge >= 0.3 is 0 Å². The molecule has 2 unspecified atom stereocenters. The van der Waals surface area contributed by atoms with Gasteiger partial charge in [0.15, 0.2) is 0 Å². The van der Waals surface area contributed by atoms with Crippen LogP contribution in [0.4, 0.5) is 0 Å². The Kier molecular flexibility index (Phi) is 8.75. The lowest BCUT2D eigenvalue weighted by molar-refractivity contribution is -0.122. The zero-order valence-corrected chi connectivity index (χ0v) is 16.4. The number of carbonyl (C=O) groups is 1. The number of rotatable bonds is 10. The van der Waals surface area contributed by atoms with Gasteiger partial charge in [-0.25, -0.2) is 0 Å². The van der Waals surface area contributed by atoms with Crippen LogP contribution in [0.1, 0.15) is 68.2 Å². The fraction of sp³-hybridized carbons (Fsp3) is 0.944. The summed E-state index contributed by atoms with van der Waals surface area (Å²) in [5, 5.41) is 3.11. The van der Waals surface area contributed by atoms with Gasteiger partial charge in [0.25, 0.3) is 6.92 Å². The molecule has 22 heavy (non-hydrogen) atoms. The molecule has 0 aromatic rings. The van der Waals surface area contributed by atoms with Crippen LogP contribution in [0.15, 0.2) is 0 Å². The van der Waals surface area contributed by atoms with E-state index in [0.29, 0.717) is 12.3 Å². The average Bonchev–Trinajstić information content (AvgIpc) is 2.44. The molecule has 1 amide bonds. The molecule has 4 heteroatoms. The van der Waals surface area contributed by atoms with Gasteiger partial charge in [0.1, 0.15) is 0 Å². The highest BCUT2D eigenvalue weighted by Gasteiger charge is 2.34. The Bertz CT molecular complexity index is 342. The van der Waals surface area contributed by atoms with Crippen molar-refractivity contribution < 1.29 is 9.45 Å². The van der Waals surface area contributed by atoms with Gasteiger partial charge < -0.3 is 9.97 Å². The topological polar surface area (TPSA) is 38.3 Å². The zero-order valence-electron chi connectivity index (χ0n) is 16.4. The van der Waals surface area contributed by atoms with Gasteiger partial charge in [-0.2, -0.15) is 0 Å². The van der Waals surface area contributed by atoms with Gasteiger partial charge in [0.05, 0.1) is 0 Å². The summed E-state index contributed by atoms with van der Waals surface area (Å²) in [6, 6.07) is 0.161. The lowest BCUT2D eigenvalue weighted by Crippen LogP contribution is -2.46. The maximum atomic E-state index is 11.6. The summed E-state index contributed by atoms with van der Waals surface area (Å²) in [4.78, 5) is 11.6. The Morgan fingerprint density at radius 2 is 1.73 bits per heavy atom. The van der Waals surface area contributed by atoms with Crippen molar-refractivity contribution in [2.75, 3.05) is 6.61 Å². The van der Waals surface area contributed by atoms with Crippen molar-refractivity contribution in [3.05, 3.63) is 0 Å². The number of amides is 1. The van der Waals surface area contributed by atoms with Crippen LogP contribution in [0.25, 0.3) is 0 Å². The standard InChI is InChI=1S/C18H38BNO2/c1-10-16(21)20-15(4)18(7,8)14(3)12-19(9)22-13-17(5,6)11-2/h14-15H,10-13H2,1-9H3,(H,20,21). The van der Waals surface area contributed by atoms with E-state index >= 15 is 0 Å². The third-order valence-electron chi connectivity index (χ3n) is 5.49. The number of carbonyl (C=O) groups excluding carboxylic acids is 1. The Balaban J connectivity index is 4.48. The molecule has 2 atom stereocenters. The van der Waals surface area contributed by atoms with Gasteiger partial charge in [-0.3, -0.25) is 4.79 Å². The monoisotopic (exact) mass is 311 g/mol. The lowest BCUT2D eigenvalue weighted by Gasteiger charge is -2.39. The molecular formula is C18H38BNO2. The molecular weight excluding hydrogens is 273 g/mol. The smallest absolute Gasteiger partial charge is 0.290 e. The quantitative estimate of drug-likeness (QED) is 0.597. The van der Waals surface area contributed by atoms with E-state index in [4.69, 9.17) is 4.65 Å². The highest BCUT2D eigenvalue weighted by atomic mass is 16.4. The molecule has 3 nitrogen and oxygen atoms in total. The fourth-order valence-electron chi connectivity index (χ4n) is 2.30. The fourth-order valence-corrected chi connectivity index (χ4v) is 2.30. The van der Waals surface area contributed by atoms with Gasteiger partial charge in [-0.05, 0) is 36.4 Å². The summed E-state index contributed by atoms with van der Waals surface area (Å²) >= 11 is 0. The molecule has 130 valence electrons. The Morgan fingerprint density at radius 3 is 2.18 bits per heavy atom. The predicted octanol–water partition coefficient (Wildman–Crippen LogP) is 4.64. The molecule has 0 aliphatic heterocycles. The van der Waals surface area contributed by atoms with E-state index < -0.39 is 0 Å². The Morgan fingerprint density at radius 1 is 1.18 bits per heavy atom. The van der Waals surface area contributed by atoms with Crippen molar-refractivity contribution in [1.29, 1.82) is 0 Å². The first kappa shape index (κ1) is 21.5. The summed E-state index contributed by atoms with van der Waals surface area (Å²) in [6.45, 7) is 20.6. The van der Waals surface area contributed by atoms with Crippen molar-refractivity contribution in [3.63, 3.8) is 0 Å². The summed E-state index contributed by atoms with van der Waals surface area (Å²) in [6.07, 6.45) is 2.68. The minimum atomic E-state index is 0.0444. The van der Waals surface area contributed by atoms with E-state index in [1.54, 1.807) is 0 Å². The summed E-state index contributed by atoms with van der Waals surface area (Å²) in [5.74, 6) is 0.598. The molecule has 0 saturated heterocycles. The molecule has 0 aliphatic rings. The molecule has 0 saturated carbocycles. The third kappa shape index (κ3) is 7.17. The van der Waals surface area contributed by atoms with Crippen LogP contribution < -0.4 is 5.32 Å². The molecule has 0 aromatic carbocycles. The third-order valence-corrected chi connectivity index (χ3v) is 5.49. The molecule has 0 bridgehead atoms. The van der Waals surface area contributed by atoms with Crippen LogP contribution in [-0.2, 0) is 9.45 Å². The molecule has 0 spiro atoms. The van der Waals surface area contributed by atoms with Gasteiger partial charge in [0.2, 0.25) is 5.91 Å². The highest BCUT2D eigenvalue weighted by Crippen LogP contribution is 2.34. The van der Waals surface area contributed by atoms with Gasteiger partial charge in [-0.15, -0.1) is 0 Å². The second-order valence-corrected chi connectivity index (χ2v) is 8.24. The van der Waals surface area contributed by atoms with E-state index in [0.717, 1.165) is 19.3 Å². The van der Waals surface area contributed by atoms with E-state index in [1.807, 2.05) is 6.92 Å². The van der Waals surface area contributed by atoms with Crippen molar-refractivity contribution in [3.8, 4) is 0 Å². The summed E-state index contributed by atoms with van der Waals surface area (Å²) in [5.41, 5.74) is 0.290. The van der Waals surface area contributed by atoms with Crippen LogP contribution in [0.5, 0.6) is 0 Å². The first-order valence-electron chi connectivity index (χ1n) is 8.87. The van der Waals surface area contributed by atoms with Crippen LogP contribution in [0, 0.1) is 16.7 Å². The second-order valence-electron chi connectivity index (χ2n) is 8.24. The van der Waals surface area contributed by atoms with E-state index in [9.17, 15) is 4.79 Å². The minimum Gasteiger partial charge on any atom is -0.436 e. The van der Waals surface area contributed by atoms with Crippen molar-refractivity contribution in [1.82, 2.24) is 5.32 Å². The molecule has 0 radical (unpaired) electrons. The predicted molar refractivity (Wildman–Crippen MR) is 97.3 cm³/mol. The number of nitrogens with one attached hydrogen (secondary N) is 1. The van der Waals surface area contributed by atoms with E-state index in [2.05, 4.69) is 60.6 Å². The molecule has 0 aliphatic carbocycles. The number of hydrogen-bond donors (Lipinski definition) is 1. The van der Waals surface area contributed by atoms with Crippen LogP contribution in [0.3, 0.4) is 0 Å². The maximum Gasteiger partial charge on any atom is 0.290 e. The molecule has 0 heterocycles. The van der Waals surface area contributed by atoms with Crippen LogP contribution >= 0.6 is 0 Å². The number of hydrogen-bond acceptors (Lipinski definition) is 2. The maximum absolute atomic E-state index is 11.6. The average molecular weight is 311 g/mol. The highest BCUT2D eigenvalue weighted by molar-refractivity contribution is 6.50. The molecule has 1 N–H and O–H groups in total. The van der Waals surface area contributed by atoms with E-state index in [1.165, 1.54) is 0 Å². The lowest BCUT2D eigenvalue weighted by atomic mass is 9.57. The summed E-state index contributed by atoms with van der Waals surface area (Å²) < 4.78 is 6.06. The zero-order chi connectivity index (χ0) is 17.6. The largest absolute Gasteiger partial charge is 0.436 e. The minimum absolute atomic E-state index is 0.0444.